The van der Waals surface area contributed by atoms with E-state index in [0.29, 0.717) is 0 Å². The average molecular weight is 192 g/mol. The Kier molecular flexibility index (Phi) is 7.18. The Morgan fingerprint density at radius 1 is 1.21 bits per heavy atom. The van der Waals surface area contributed by atoms with E-state index in [-0.39, 0.29) is 0 Å². The molecule has 0 N–H and O–H groups in total. The zero-order valence-electron chi connectivity index (χ0n) is 10.2. The van der Waals surface area contributed by atoms with Gasteiger partial charge in [0.15, 0.2) is 0 Å². The van der Waals surface area contributed by atoms with Crippen molar-refractivity contribution in [1.82, 2.24) is 0 Å². The SMILES string of the molecule is C=CCCCC(C)=C(C)C=C(C)CC. The van der Waals surface area contributed by atoms with Crippen LogP contribution in [-0.4, -0.2) is 0 Å². The molecule has 0 aliphatic heterocycles. The van der Waals surface area contributed by atoms with Crippen LogP contribution in [-0.2, 0) is 0 Å². The van der Waals surface area contributed by atoms with Crippen LogP contribution in [0, 0.1) is 0 Å². The highest BCUT2D eigenvalue weighted by molar-refractivity contribution is 5.25. The van der Waals surface area contributed by atoms with Crippen molar-refractivity contribution in [2.45, 2.75) is 53.4 Å². The molecule has 0 unspecified atom stereocenters. The number of allylic oxidation sites excluding steroid dienone is 5. The predicted octanol–water partition coefficient (Wildman–Crippen LogP) is 5.04. The van der Waals surface area contributed by atoms with Crippen molar-refractivity contribution in [2.24, 2.45) is 0 Å². The first kappa shape index (κ1) is 13.2. The van der Waals surface area contributed by atoms with Gasteiger partial charge in [0.25, 0.3) is 0 Å². The molecule has 14 heavy (non-hydrogen) atoms. The first-order chi connectivity index (χ1) is 6.61. The molecule has 0 atom stereocenters. The second-order valence-corrected chi connectivity index (χ2v) is 3.99. The molecule has 0 saturated carbocycles. The van der Waals surface area contributed by atoms with Gasteiger partial charge in [-0.15, -0.1) is 6.58 Å². The normalized spacial score (nSPS) is 13.9. The van der Waals surface area contributed by atoms with Gasteiger partial charge in [-0.25, -0.2) is 0 Å². The molecule has 0 aromatic rings. The van der Waals surface area contributed by atoms with Crippen molar-refractivity contribution < 1.29 is 0 Å². The fourth-order valence-corrected chi connectivity index (χ4v) is 1.30. The number of unbranched alkanes of at least 4 members (excludes halogenated alkanes) is 1. The molecular weight excluding hydrogens is 168 g/mol. The van der Waals surface area contributed by atoms with Crippen LogP contribution >= 0.6 is 0 Å². The summed E-state index contributed by atoms with van der Waals surface area (Å²) in [5.74, 6) is 0. The first-order valence-corrected chi connectivity index (χ1v) is 5.56. The highest BCUT2D eigenvalue weighted by Crippen LogP contribution is 2.15. The summed E-state index contributed by atoms with van der Waals surface area (Å²) in [6, 6.07) is 0. The third-order valence-corrected chi connectivity index (χ3v) is 2.65. The van der Waals surface area contributed by atoms with Gasteiger partial charge in [-0.05, 0) is 46.5 Å². The molecule has 0 heteroatoms. The van der Waals surface area contributed by atoms with E-state index < -0.39 is 0 Å². The van der Waals surface area contributed by atoms with E-state index >= 15 is 0 Å². The van der Waals surface area contributed by atoms with Gasteiger partial charge in [0.1, 0.15) is 0 Å². The van der Waals surface area contributed by atoms with Crippen LogP contribution in [0.3, 0.4) is 0 Å². The molecule has 0 aromatic carbocycles. The quantitative estimate of drug-likeness (QED) is 0.314. The Bertz CT molecular complexity index is 228. The first-order valence-electron chi connectivity index (χ1n) is 5.56. The molecule has 0 radical (unpaired) electrons. The minimum absolute atomic E-state index is 1.13. The fraction of sp³-hybridized carbons (Fsp3) is 0.571. The minimum atomic E-state index is 1.13. The zero-order chi connectivity index (χ0) is 11.0. The minimum Gasteiger partial charge on any atom is -0.103 e. The van der Waals surface area contributed by atoms with Crippen molar-refractivity contribution in [3.05, 3.63) is 35.5 Å². The predicted molar refractivity (Wildman–Crippen MR) is 66.5 cm³/mol. The summed E-state index contributed by atoms with van der Waals surface area (Å²) in [4.78, 5) is 0. The van der Waals surface area contributed by atoms with Gasteiger partial charge in [-0.3, -0.25) is 0 Å². The molecule has 0 saturated heterocycles. The third kappa shape index (κ3) is 5.80. The van der Waals surface area contributed by atoms with E-state index in [0.717, 1.165) is 12.8 Å². The Balaban J connectivity index is 4.21. The van der Waals surface area contributed by atoms with Crippen molar-refractivity contribution in [2.75, 3.05) is 0 Å². The highest BCUT2D eigenvalue weighted by atomic mass is 14.0. The number of hydrogen-bond acceptors (Lipinski definition) is 0. The Morgan fingerprint density at radius 3 is 2.36 bits per heavy atom. The largest absolute Gasteiger partial charge is 0.103 e. The molecule has 0 heterocycles. The summed E-state index contributed by atoms with van der Waals surface area (Å²) in [6.45, 7) is 12.6. The van der Waals surface area contributed by atoms with E-state index in [1.165, 1.54) is 29.6 Å². The molecule has 0 fully saturated rings. The molecule has 0 aliphatic rings. The maximum absolute atomic E-state index is 3.74. The van der Waals surface area contributed by atoms with Crippen LogP contribution in [0.25, 0.3) is 0 Å². The Morgan fingerprint density at radius 2 is 1.86 bits per heavy atom. The lowest BCUT2D eigenvalue weighted by atomic mass is 10.0. The highest BCUT2D eigenvalue weighted by Gasteiger charge is 1.94. The molecule has 0 aromatic heterocycles. The van der Waals surface area contributed by atoms with Gasteiger partial charge in [-0.1, -0.05) is 35.8 Å². The topological polar surface area (TPSA) is 0 Å². The van der Waals surface area contributed by atoms with Crippen LogP contribution in [0.5, 0.6) is 0 Å². The van der Waals surface area contributed by atoms with Gasteiger partial charge in [0.2, 0.25) is 0 Å². The molecule has 0 nitrogen and oxygen atoms in total. The molecule has 0 bridgehead atoms. The smallest absolute Gasteiger partial charge is 0.0314 e. The monoisotopic (exact) mass is 192 g/mol. The van der Waals surface area contributed by atoms with Crippen LogP contribution < -0.4 is 0 Å². The maximum Gasteiger partial charge on any atom is -0.0314 e. The van der Waals surface area contributed by atoms with Crippen molar-refractivity contribution in [3.63, 3.8) is 0 Å². The van der Waals surface area contributed by atoms with Crippen LogP contribution in [0.4, 0.5) is 0 Å². The molecule has 0 amide bonds. The zero-order valence-corrected chi connectivity index (χ0v) is 10.2. The van der Waals surface area contributed by atoms with Gasteiger partial charge in [0, 0.05) is 0 Å². The Labute approximate surface area is 89.4 Å². The van der Waals surface area contributed by atoms with Crippen molar-refractivity contribution in [1.29, 1.82) is 0 Å². The van der Waals surface area contributed by atoms with E-state index in [2.05, 4.69) is 40.3 Å². The van der Waals surface area contributed by atoms with E-state index in [1.54, 1.807) is 0 Å². The average Bonchev–Trinajstić information content (AvgIpc) is 2.17. The van der Waals surface area contributed by atoms with Gasteiger partial charge in [-0.2, -0.15) is 0 Å². The molecule has 80 valence electrons. The van der Waals surface area contributed by atoms with E-state index in [1.807, 2.05) is 6.08 Å². The number of hydrogen-bond donors (Lipinski definition) is 0. The number of rotatable bonds is 6. The summed E-state index contributed by atoms with van der Waals surface area (Å²) in [6.07, 6.45) is 9.01. The molecule has 0 spiro atoms. The lowest BCUT2D eigenvalue weighted by Gasteiger charge is -2.04. The summed E-state index contributed by atoms with van der Waals surface area (Å²) in [7, 11) is 0. The lowest BCUT2D eigenvalue weighted by Crippen LogP contribution is -1.84. The molecular formula is C14H24. The third-order valence-electron chi connectivity index (χ3n) is 2.65. The van der Waals surface area contributed by atoms with Crippen LogP contribution in [0.2, 0.25) is 0 Å². The lowest BCUT2D eigenvalue weighted by molar-refractivity contribution is 0.827. The van der Waals surface area contributed by atoms with Gasteiger partial charge in [0.05, 0.1) is 0 Å². The summed E-state index contributed by atoms with van der Waals surface area (Å²) in [5, 5.41) is 0. The van der Waals surface area contributed by atoms with E-state index in [4.69, 9.17) is 0 Å². The second-order valence-electron chi connectivity index (χ2n) is 3.99. The van der Waals surface area contributed by atoms with Gasteiger partial charge < -0.3 is 0 Å². The maximum atomic E-state index is 3.74. The van der Waals surface area contributed by atoms with Crippen molar-refractivity contribution in [3.8, 4) is 0 Å². The van der Waals surface area contributed by atoms with Gasteiger partial charge >= 0.3 is 0 Å². The summed E-state index contributed by atoms with van der Waals surface area (Å²) < 4.78 is 0. The molecule has 0 rings (SSSR count). The molecule has 0 aliphatic carbocycles. The summed E-state index contributed by atoms with van der Waals surface area (Å²) in [5.41, 5.74) is 4.42. The van der Waals surface area contributed by atoms with Crippen LogP contribution in [0.15, 0.2) is 35.5 Å². The van der Waals surface area contributed by atoms with Crippen molar-refractivity contribution >= 4 is 0 Å². The standard InChI is InChI=1S/C14H24/c1-6-8-9-10-13(4)14(5)11-12(3)7-2/h6,11H,1,7-10H2,2-5H3. The van der Waals surface area contributed by atoms with E-state index in [9.17, 15) is 0 Å². The second kappa shape index (κ2) is 7.61. The van der Waals surface area contributed by atoms with Crippen LogP contribution in [0.1, 0.15) is 53.4 Å². The fourth-order valence-electron chi connectivity index (χ4n) is 1.30. The Hall–Kier alpha value is -0.780. The summed E-state index contributed by atoms with van der Waals surface area (Å²) >= 11 is 0.